The zero-order chi connectivity index (χ0) is 23.7. The second kappa shape index (κ2) is 9.10. The second-order valence-corrected chi connectivity index (χ2v) is 8.06. The molecule has 0 spiro atoms. The van der Waals surface area contributed by atoms with E-state index in [0.717, 1.165) is 31.7 Å². The Kier molecular flexibility index (Phi) is 5.84. The van der Waals surface area contributed by atoms with Crippen LogP contribution in [0, 0.1) is 11.6 Å². The number of rotatable bonds is 6. The maximum atomic E-state index is 14.5. The van der Waals surface area contributed by atoms with Gasteiger partial charge in [0.25, 0.3) is 5.91 Å². The van der Waals surface area contributed by atoms with Crippen molar-refractivity contribution in [1.29, 1.82) is 0 Å². The molecule has 3 aromatic heterocycles. The summed E-state index contributed by atoms with van der Waals surface area (Å²) in [5.74, 6) is -1.94. The summed E-state index contributed by atoms with van der Waals surface area (Å²) in [5.41, 5.74) is 0.320. The van der Waals surface area contributed by atoms with Crippen LogP contribution in [0.2, 0.25) is 0 Å². The normalized spacial score (nSPS) is 14.0. The molecule has 0 saturated heterocycles. The van der Waals surface area contributed by atoms with Crippen LogP contribution in [-0.2, 0) is 6.61 Å². The highest BCUT2D eigenvalue weighted by molar-refractivity contribution is 6.04. The molecule has 3 heterocycles. The number of nitrogens with one attached hydrogen (secondary N) is 1. The molecule has 0 radical (unpaired) electrons. The summed E-state index contributed by atoms with van der Waals surface area (Å²) < 4.78 is 32.2. The van der Waals surface area contributed by atoms with E-state index in [2.05, 4.69) is 25.5 Å². The number of aromatic nitrogens is 6. The Bertz CT molecular complexity index is 1340. The first-order chi connectivity index (χ1) is 16.5. The molecular formula is C23H21F2N7O2. The minimum Gasteiger partial charge on any atom is -0.390 e. The number of pyridine rings is 1. The molecular weight excluding hydrogens is 444 g/mol. The van der Waals surface area contributed by atoms with Crippen LogP contribution in [0.4, 0.5) is 14.6 Å². The lowest BCUT2D eigenvalue weighted by atomic mass is 10.1. The molecule has 1 aliphatic rings. The fraction of sp³-hybridized carbons (Fsp3) is 0.261. The van der Waals surface area contributed by atoms with Crippen LogP contribution in [-0.4, -0.2) is 40.3 Å². The van der Waals surface area contributed by atoms with Gasteiger partial charge in [0.05, 0.1) is 36.1 Å². The summed E-state index contributed by atoms with van der Waals surface area (Å²) in [5, 5.41) is 20.2. The van der Waals surface area contributed by atoms with Gasteiger partial charge in [-0.05, 0) is 31.0 Å². The Balaban J connectivity index is 1.43. The van der Waals surface area contributed by atoms with E-state index < -0.39 is 24.1 Å². The first kappa shape index (κ1) is 21.8. The molecule has 1 saturated carbocycles. The highest BCUT2D eigenvalue weighted by Gasteiger charge is 2.22. The fourth-order valence-corrected chi connectivity index (χ4v) is 4.24. The predicted molar refractivity (Wildman–Crippen MR) is 118 cm³/mol. The number of nitrogens with zero attached hydrogens (tertiary/aromatic N) is 6. The lowest BCUT2D eigenvalue weighted by Gasteiger charge is -2.14. The van der Waals surface area contributed by atoms with Crippen LogP contribution in [0.25, 0.3) is 17.2 Å². The minimum atomic E-state index is -1.03. The van der Waals surface area contributed by atoms with Crippen molar-refractivity contribution in [3.05, 3.63) is 72.1 Å². The average molecular weight is 465 g/mol. The summed E-state index contributed by atoms with van der Waals surface area (Å²) >= 11 is 0. The number of benzene rings is 1. The Morgan fingerprint density at radius 2 is 1.97 bits per heavy atom. The van der Waals surface area contributed by atoms with Crippen LogP contribution in [0.3, 0.4) is 0 Å². The Morgan fingerprint density at radius 3 is 2.76 bits per heavy atom. The number of amides is 1. The quantitative estimate of drug-likeness (QED) is 0.450. The van der Waals surface area contributed by atoms with Crippen molar-refractivity contribution in [2.24, 2.45) is 0 Å². The van der Waals surface area contributed by atoms with Crippen LogP contribution in [0.15, 0.2) is 49.2 Å². The van der Waals surface area contributed by atoms with E-state index in [1.54, 1.807) is 24.5 Å². The molecule has 0 aliphatic heterocycles. The van der Waals surface area contributed by atoms with E-state index >= 15 is 0 Å². The van der Waals surface area contributed by atoms with Crippen LogP contribution in [0.1, 0.15) is 47.8 Å². The zero-order valence-electron chi connectivity index (χ0n) is 18.0. The lowest BCUT2D eigenvalue weighted by molar-refractivity contribution is 0.102. The van der Waals surface area contributed by atoms with E-state index in [1.807, 2.05) is 4.57 Å². The Labute approximate surface area is 193 Å². The van der Waals surface area contributed by atoms with Gasteiger partial charge >= 0.3 is 0 Å². The number of halogens is 2. The van der Waals surface area contributed by atoms with E-state index in [9.17, 15) is 18.7 Å². The van der Waals surface area contributed by atoms with Crippen molar-refractivity contribution in [3.8, 4) is 17.2 Å². The van der Waals surface area contributed by atoms with Crippen molar-refractivity contribution >= 4 is 11.7 Å². The van der Waals surface area contributed by atoms with Gasteiger partial charge in [-0.2, -0.15) is 0 Å². The minimum absolute atomic E-state index is 0.112. The van der Waals surface area contributed by atoms with Gasteiger partial charge in [0.15, 0.2) is 5.82 Å². The molecule has 0 atom stereocenters. The van der Waals surface area contributed by atoms with Gasteiger partial charge in [-0.1, -0.05) is 18.9 Å². The molecule has 1 amide bonds. The van der Waals surface area contributed by atoms with Gasteiger partial charge < -0.3 is 15.0 Å². The number of carbonyl (C=O) groups is 1. The number of anilines is 1. The number of hydrogen-bond acceptors (Lipinski definition) is 6. The van der Waals surface area contributed by atoms with Crippen LogP contribution in [0.5, 0.6) is 0 Å². The van der Waals surface area contributed by atoms with Crippen LogP contribution < -0.4 is 5.32 Å². The van der Waals surface area contributed by atoms with Crippen molar-refractivity contribution < 1.29 is 18.7 Å². The highest BCUT2D eigenvalue weighted by atomic mass is 19.1. The maximum Gasteiger partial charge on any atom is 0.259 e. The van der Waals surface area contributed by atoms with E-state index in [-0.39, 0.29) is 22.8 Å². The summed E-state index contributed by atoms with van der Waals surface area (Å²) in [6, 6.07) is 7.04. The van der Waals surface area contributed by atoms with Gasteiger partial charge in [0.1, 0.15) is 29.5 Å². The number of aliphatic hydroxyl groups is 1. The lowest BCUT2D eigenvalue weighted by Crippen LogP contribution is -2.16. The molecule has 1 fully saturated rings. The van der Waals surface area contributed by atoms with Gasteiger partial charge in [-0.25, -0.2) is 18.7 Å². The third-order valence-electron chi connectivity index (χ3n) is 5.93. The Morgan fingerprint density at radius 1 is 1.15 bits per heavy atom. The van der Waals surface area contributed by atoms with E-state index in [4.69, 9.17) is 0 Å². The van der Waals surface area contributed by atoms with Gasteiger partial charge in [-0.15, -0.1) is 10.2 Å². The van der Waals surface area contributed by atoms with Crippen molar-refractivity contribution in [3.63, 3.8) is 0 Å². The third kappa shape index (κ3) is 4.05. The first-order valence-corrected chi connectivity index (χ1v) is 10.8. The molecule has 0 unspecified atom stereocenters. The molecule has 34 heavy (non-hydrogen) atoms. The molecule has 1 aromatic carbocycles. The summed E-state index contributed by atoms with van der Waals surface area (Å²) in [4.78, 5) is 21.2. The summed E-state index contributed by atoms with van der Waals surface area (Å²) in [6.07, 6.45) is 8.69. The molecule has 1 aliphatic carbocycles. The topological polar surface area (TPSA) is 111 Å². The molecule has 5 rings (SSSR count). The molecule has 11 heteroatoms. The maximum absolute atomic E-state index is 14.5. The molecule has 0 bridgehead atoms. The predicted octanol–water partition coefficient (Wildman–Crippen LogP) is 3.66. The molecule has 2 N–H and O–H groups in total. The summed E-state index contributed by atoms with van der Waals surface area (Å²) in [6.45, 7) is -0.402. The fourth-order valence-electron chi connectivity index (χ4n) is 4.24. The van der Waals surface area contributed by atoms with Gasteiger partial charge in [0.2, 0.25) is 0 Å². The van der Waals surface area contributed by atoms with Gasteiger partial charge in [-0.3, -0.25) is 9.36 Å². The largest absolute Gasteiger partial charge is 0.390 e. The number of imidazole rings is 1. The highest BCUT2D eigenvalue weighted by Crippen LogP contribution is 2.32. The van der Waals surface area contributed by atoms with Gasteiger partial charge in [0, 0.05) is 12.1 Å². The average Bonchev–Trinajstić information content (AvgIpc) is 3.60. The Hall–Kier alpha value is -3.99. The van der Waals surface area contributed by atoms with Crippen molar-refractivity contribution in [2.75, 3.05) is 5.32 Å². The van der Waals surface area contributed by atoms with Crippen molar-refractivity contribution in [1.82, 2.24) is 29.3 Å². The molecule has 9 nitrogen and oxygen atoms in total. The third-order valence-corrected chi connectivity index (χ3v) is 5.93. The van der Waals surface area contributed by atoms with Crippen molar-refractivity contribution in [2.45, 2.75) is 38.3 Å². The number of hydrogen-bond donors (Lipinski definition) is 2. The van der Waals surface area contributed by atoms with E-state index in [0.29, 0.717) is 23.6 Å². The first-order valence-electron chi connectivity index (χ1n) is 10.8. The number of carbonyl (C=O) groups excluding carboxylic acids is 1. The molecule has 174 valence electrons. The molecule has 4 aromatic rings. The smallest absolute Gasteiger partial charge is 0.259 e. The van der Waals surface area contributed by atoms with E-state index in [1.165, 1.54) is 17.1 Å². The SMILES string of the molecule is O=C(Nc1cccc(-c2nncn2C2CCCC2)n1)c1cc(-n2cncc2CO)c(F)cc1F. The zero-order valence-corrected chi connectivity index (χ0v) is 18.0. The summed E-state index contributed by atoms with van der Waals surface area (Å²) in [7, 11) is 0. The second-order valence-electron chi connectivity index (χ2n) is 8.06. The standard InChI is InChI=1S/C23H21F2N7O2/c24-17-9-18(25)20(31-12-26-10-15(31)11-33)8-16(17)23(34)29-21-7-3-6-19(28-21)22-30-27-13-32(22)14-4-1-2-5-14/h3,6-10,12-14,33H,1-2,4-5,11H2,(H,28,29,34). The van der Waals surface area contributed by atoms with Crippen LogP contribution >= 0.6 is 0 Å². The monoisotopic (exact) mass is 465 g/mol. The number of aliphatic hydroxyl groups excluding tert-OH is 1.